The van der Waals surface area contributed by atoms with E-state index in [1.807, 2.05) is 11.3 Å². The van der Waals surface area contributed by atoms with Crippen LogP contribution in [0.5, 0.6) is 11.5 Å². The highest BCUT2D eigenvalue weighted by molar-refractivity contribution is 7.26. The van der Waals surface area contributed by atoms with Crippen LogP contribution in [0.25, 0.3) is 53.6 Å². The minimum absolute atomic E-state index is 0.197. The summed E-state index contributed by atoms with van der Waals surface area (Å²) in [4.78, 5) is 2.51. The van der Waals surface area contributed by atoms with E-state index in [0.717, 1.165) is 34.1 Å². The Balaban J connectivity index is 1.07. The number of rotatable bonds is 4. The summed E-state index contributed by atoms with van der Waals surface area (Å²) in [7, 11) is 0. The highest BCUT2D eigenvalue weighted by Gasteiger charge is 2.51. The van der Waals surface area contributed by atoms with Crippen LogP contribution in [0.2, 0.25) is 0 Å². The second-order valence-corrected chi connectivity index (χ2v) is 18.3. The van der Waals surface area contributed by atoms with Crippen LogP contribution in [0.15, 0.2) is 200 Å². The zero-order valence-electron chi connectivity index (χ0n) is 33.8. The fourth-order valence-corrected chi connectivity index (χ4v) is 12.2. The van der Waals surface area contributed by atoms with E-state index in [4.69, 9.17) is 4.74 Å². The monoisotopic (exact) mass is 797 g/mol. The Morgan fingerprint density at radius 1 is 0.410 bits per heavy atom. The van der Waals surface area contributed by atoms with Gasteiger partial charge in [-0.25, -0.2) is 0 Å². The second kappa shape index (κ2) is 12.7. The molecule has 0 bridgehead atoms. The van der Waals surface area contributed by atoms with Gasteiger partial charge in [-0.3, -0.25) is 0 Å². The van der Waals surface area contributed by atoms with E-state index in [-0.39, 0.29) is 5.41 Å². The SMILES string of the molecule is CC1(C)c2ccc(-c3ccccc3)cc2-c2ccc(N(c3ccc4c(c3)C3(c5ccccc5O4)c4ccccc4-c4ccccc43)c3cccc4sc5ccccc5c34)cc21. The average molecular weight is 798 g/mol. The Hall–Kier alpha value is -7.20. The van der Waals surface area contributed by atoms with E-state index in [1.54, 1.807) is 0 Å². The van der Waals surface area contributed by atoms with E-state index in [2.05, 4.69) is 219 Å². The van der Waals surface area contributed by atoms with Gasteiger partial charge < -0.3 is 9.64 Å². The molecular weight excluding hydrogens is 759 g/mol. The van der Waals surface area contributed by atoms with Gasteiger partial charge in [-0.1, -0.05) is 153 Å². The van der Waals surface area contributed by atoms with Crippen LogP contribution in [-0.4, -0.2) is 0 Å². The van der Waals surface area contributed by atoms with Gasteiger partial charge in [0.2, 0.25) is 0 Å². The largest absolute Gasteiger partial charge is 0.457 e. The summed E-state index contributed by atoms with van der Waals surface area (Å²) >= 11 is 1.86. The maximum absolute atomic E-state index is 6.90. The van der Waals surface area contributed by atoms with Crippen LogP contribution in [0.4, 0.5) is 17.1 Å². The minimum atomic E-state index is -0.571. The molecule has 1 aliphatic heterocycles. The standard InChI is InChI=1S/C58H39NOS/c1-57(2)45-31-27-37(36-15-4-3-5-16-36)33-44(45)42-30-28-38(34-49(42)57)59(51-23-14-26-55-56(51)43-19-8-13-25-54(43)61-55)39-29-32-53-50(35-39)58(48-22-11-12-24-52(48)60-53)46-20-9-6-17-40(46)41-18-7-10-21-47(41)58/h3-35H,1-2H3. The van der Waals surface area contributed by atoms with Crippen LogP contribution in [0.1, 0.15) is 47.2 Å². The van der Waals surface area contributed by atoms with Crippen molar-refractivity contribution in [1.82, 2.24) is 0 Å². The molecular formula is C58H39NOS. The van der Waals surface area contributed by atoms with E-state index in [9.17, 15) is 0 Å². The summed E-state index contributed by atoms with van der Waals surface area (Å²) in [5.74, 6) is 1.78. The van der Waals surface area contributed by atoms with Crippen LogP contribution >= 0.6 is 11.3 Å². The third kappa shape index (κ3) is 4.73. The topological polar surface area (TPSA) is 12.5 Å². The summed E-state index contributed by atoms with van der Waals surface area (Å²) in [5, 5.41) is 2.54. The molecule has 0 fully saturated rings. The first kappa shape index (κ1) is 34.6. The summed E-state index contributed by atoms with van der Waals surface area (Å²) in [5.41, 5.74) is 17.8. The number of hydrogen-bond donors (Lipinski definition) is 0. The first-order valence-corrected chi connectivity index (χ1v) is 22.0. The van der Waals surface area contributed by atoms with Crippen LogP contribution in [0, 0.1) is 0 Å². The lowest BCUT2D eigenvalue weighted by Crippen LogP contribution is -2.32. The van der Waals surface area contributed by atoms with Gasteiger partial charge in [0.15, 0.2) is 0 Å². The van der Waals surface area contributed by atoms with Gasteiger partial charge in [-0.15, -0.1) is 11.3 Å². The molecule has 13 rings (SSSR count). The number of ether oxygens (including phenoxy) is 1. The predicted molar refractivity (Wildman–Crippen MR) is 254 cm³/mol. The quantitative estimate of drug-likeness (QED) is 0.176. The first-order chi connectivity index (χ1) is 30.0. The minimum Gasteiger partial charge on any atom is -0.457 e. The van der Waals surface area contributed by atoms with E-state index < -0.39 is 5.41 Å². The molecule has 2 aliphatic carbocycles. The maximum atomic E-state index is 6.90. The molecule has 1 aromatic heterocycles. The molecule has 288 valence electrons. The summed E-state index contributed by atoms with van der Waals surface area (Å²) in [6.45, 7) is 4.76. The third-order valence-electron chi connectivity index (χ3n) is 13.7. The third-order valence-corrected chi connectivity index (χ3v) is 14.9. The van der Waals surface area contributed by atoms with E-state index in [0.29, 0.717) is 0 Å². The van der Waals surface area contributed by atoms with E-state index >= 15 is 0 Å². The van der Waals surface area contributed by atoms with Crippen molar-refractivity contribution in [3.63, 3.8) is 0 Å². The summed E-state index contributed by atoms with van der Waals surface area (Å²) < 4.78 is 9.47. The molecule has 0 atom stereocenters. The molecule has 0 saturated heterocycles. The predicted octanol–water partition coefficient (Wildman–Crippen LogP) is 16.0. The highest BCUT2D eigenvalue weighted by atomic mass is 32.1. The molecule has 0 amide bonds. The van der Waals surface area contributed by atoms with Crippen molar-refractivity contribution in [2.75, 3.05) is 4.90 Å². The zero-order chi connectivity index (χ0) is 40.5. The fourth-order valence-electron chi connectivity index (χ4n) is 11.0. The maximum Gasteiger partial charge on any atom is 0.132 e. The molecule has 0 N–H and O–H groups in total. The molecule has 61 heavy (non-hydrogen) atoms. The first-order valence-electron chi connectivity index (χ1n) is 21.2. The van der Waals surface area contributed by atoms with Crippen LogP contribution < -0.4 is 9.64 Å². The van der Waals surface area contributed by atoms with Crippen molar-refractivity contribution in [3.8, 4) is 44.9 Å². The molecule has 2 heterocycles. The van der Waals surface area contributed by atoms with Crippen molar-refractivity contribution >= 4 is 48.6 Å². The van der Waals surface area contributed by atoms with Gasteiger partial charge in [0, 0.05) is 48.1 Å². The average Bonchev–Trinajstić information content (AvgIpc) is 3.91. The van der Waals surface area contributed by atoms with Crippen molar-refractivity contribution < 1.29 is 4.74 Å². The summed E-state index contributed by atoms with van der Waals surface area (Å²) in [6.07, 6.45) is 0. The lowest BCUT2D eigenvalue weighted by Gasteiger charge is -2.40. The zero-order valence-corrected chi connectivity index (χ0v) is 34.6. The Labute approximate surface area is 359 Å². The number of anilines is 3. The number of fused-ring (bicyclic) bond motifs is 15. The van der Waals surface area contributed by atoms with Gasteiger partial charge in [-0.05, 0) is 116 Å². The Bertz CT molecular complexity index is 3400. The number of thiophene rings is 1. The van der Waals surface area contributed by atoms with Crippen molar-refractivity contribution in [1.29, 1.82) is 0 Å². The lowest BCUT2D eigenvalue weighted by atomic mass is 9.66. The number of para-hydroxylation sites is 1. The van der Waals surface area contributed by atoms with Gasteiger partial charge in [0.25, 0.3) is 0 Å². The normalized spacial score (nSPS) is 14.5. The molecule has 2 nitrogen and oxygen atoms in total. The number of benzene rings is 9. The smallest absolute Gasteiger partial charge is 0.132 e. The van der Waals surface area contributed by atoms with Gasteiger partial charge >= 0.3 is 0 Å². The molecule has 3 heteroatoms. The Morgan fingerprint density at radius 3 is 1.84 bits per heavy atom. The van der Waals surface area contributed by atoms with Crippen molar-refractivity contribution in [2.45, 2.75) is 24.7 Å². The molecule has 0 saturated carbocycles. The Morgan fingerprint density at radius 2 is 1.03 bits per heavy atom. The molecule has 1 spiro atoms. The molecule has 3 aliphatic rings. The van der Waals surface area contributed by atoms with Crippen molar-refractivity contribution in [3.05, 3.63) is 234 Å². The lowest BCUT2D eigenvalue weighted by molar-refractivity contribution is 0.436. The molecule has 0 unspecified atom stereocenters. The molecule has 9 aromatic carbocycles. The number of nitrogens with zero attached hydrogens (tertiary/aromatic N) is 1. The van der Waals surface area contributed by atoms with Gasteiger partial charge in [-0.2, -0.15) is 0 Å². The number of hydrogen-bond acceptors (Lipinski definition) is 3. The fraction of sp³-hybridized carbons (Fsp3) is 0.0690. The molecule has 0 radical (unpaired) electrons. The molecule has 10 aromatic rings. The van der Waals surface area contributed by atoms with Crippen LogP contribution in [-0.2, 0) is 10.8 Å². The van der Waals surface area contributed by atoms with Gasteiger partial charge in [0.05, 0.1) is 11.1 Å². The Kier molecular flexibility index (Phi) is 7.19. The van der Waals surface area contributed by atoms with E-state index in [1.165, 1.54) is 81.4 Å². The van der Waals surface area contributed by atoms with Crippen LogP contribution in [0.3, 0.4) is 0 Å². The highest BCUT2D eigenvalue weighted by Crippen LogP contribution is 2.63. The van der Waals surface area contributed by atoms with Crippen molar-refractivity contribution in [2.24, 2.45) is 0 Å². The van der Waals surface area contributed by atoms with Gasteiger partial charge in [0.1, 0.15) is 11.5 Å². The second-order valence-electron chi connectivity index (χ2n) is 17.2. The summed E-state index contributed by atoms with van der Waals surface area (Å²) in [6, 6.07) is 74.1.